The molecule has 0 aliphatic rings. The number of hydrogen-bond acceptors (Lipinski definition) is 5. The molecule has 0 fully saturated rings. The second kappa shape index (κ2) is 14.0. The second-order valence-electron chi connectivity index (χ2n) is 10.6. The summed E-state index contributed by atoms with van der Waals surface area (Å²) >= 11 is 0. The second-order valence-corrected chi connectivity index (χ2v) is 10.6. The first kappa shape index (κ1) is 29.1. The van der Waals surface area contributed by atoms with Crippen LogP contribution >= 0.6 is 0 Å². The van der Waals surface area contributed by atoms with Crippen LogP contribution in [0.1, 0.15) is 25.0 Å². The van der Waals surface area contributed by atoms with Crippen molar-refractivity contribution in [3.63, 3.8) is 0 Å². The number of anilines is 4. The average Bonchev–Trinajstić information content (AvgIpc) is 3.08. The molecule has 6 aromatic carbocycles. The Bertz CT molecular complexity index is 1740. The van der Waals surface area contributed by atoms with Crippen LogP contribution in [0.25, 0.3) is 0 Å². The van der Waals surface area contributed by atoms with Crippen LogP contribution in [-0.2, 0) is 0 Å². The molecule has 0 bridgehead atoms. The average molecular weight is 587 g/mol. The number of benzene rings is 6. The molecule has 0 aromatic heterocycles. The lowest BCUT2D eigenvalue weighted by molar-refractivity contribution is 0.482. The third-order valence-electron chi connectivity index (χ3n) is 7.23. The molecule has 5 heteroatoms. The molecule has 0 amide bonds. The third-order valence-corrected chi connectivity index (χ3v) is 7.23. The van der Waals surface area contributed by atoms with Crippen LogP contribution in [0.3, 0.4) is 0 Å². The highest BCUT2D eigenvalue weighted by atomic mass is 16.5. The Morgan fingerprint density at radius 1 is 0.400 bits per heavy atom. The molecule has 0 heterocycles. The maximum absolute atomic E-state index is 6.11. The van der Waals surface area contributed by atoms with E-state index >= 15 is 0 Å². The fourth-order valence-corrected chi connectivity index (χ4v) is 4.80. The molecule has 0 aliphatic heterocycles. The van der Waals surface area contributed by atoms with Crippen molar-refractivity contribution >= 4 is 45.5 Å². The quantitative estimate of drug-likeness (QED) is 0.157. The zero-order valence-electron chi connectivity index (χ0n) is 25.3. The number of ether oxygens (including phenoxy) is 1. The summed E-state index contributed by atoms with van der Waals surface area (Å²) in [7, 11) is 0. The summed E-state index contributed by atoms with van der Waals surface area (Å²) in [5, 5.41) is 6.80. The highest BCUT2D eigenvalue weighted by Gasteiger charge is 2.04. The molecule has 2 N–H and O–H groups in total. The molecule has 45 heavy (non-hydrogen) atoms. The van der Waals surface area contributed by atoms with Gasteiger partial charge in [0.25, 0.3) is 0 Å². The summed E-state index contributed by atoms with van der Waals surface area (Å²) < 4.78 is 6.11. The molecule has 220 valence electrons. The predicted octanol–water partition coefficient (Wildman–Crippen LogP) is 11.2. The van der Waals surface area contributed by atoms with Crippen LogP contribution in [0.15, 0.2) is 168 Å². The van der Waals surface area contributed by atoms with Gasteiger partial charge in [-0.3, -0.25) is 9.98 Å². The van der Waals surface area contributed by atoms with E-state index in [4.69, 9.17) is 14.7 Å². The summed E-state index contributed by atoms with van der Waals surface area (Å²) in [5.74, 6) is 1.54. The first-order valence-electron chi connectivity index (χ1n) is 14.9. The summed E-state index contributed by atoms with van der Waals surface area (Å²) in [6.45, 7) is 4.04. The normalized spacial score (nSPS) is 11.6. The first-order valence-corrected chi connectivity index (χ1v) is 14.9. The maximum Gasteiger partial charge on any atom is 0.127 e. The van der Waals surface area contributed by atoms with Crippen LogP contribution < -0.4 is 15.4 Å². The molecule has 0 radical (unpaired) electrons. The number of aliphatic imine (C=N–C) groups is 2. The summed E-state index contributed by atoms with van der Waals surface area (Å²) in [6.07, 6.45) is 0. The van der Waals surface area contributed by atoms with Crippen molar-refractivity contribution in [2.45, 2.75) is 13.8 Å². The smallest absolute Gasteiger partial charge is 0.127 e. The van der Waals surface area contributed by atoms with Gasteiger partial charge in [0.15, 0.2) is 0 Å². The van der Waals surface area contributed by atoms with E-state index in [1.165, 1.54) is 0 Å². The van der Waals surface area contributed by atoms with Crippen LogP contribution in [0.2, 0.25) is 0 Å². The van der Waals surface area contributed by atoms with Crippen molar-refractivity contribution in [1.82, 2.24) is 0 Å². The van der Waals surface area contributed by atoms with E-state index in [0.717, 1.165) is 68.2 Å². The number of nitrogens with zero attached hydrogens (tertiary/aromatic N) is 2. The van der Waals surface area contributed by atoms with Gasteiger partial charge in [-0.2, -0.15) is 0 Å². The van der Waals surface area contributed by atoms with Crippen molar-refractivity contribution in [3.8, 4) is 11.5 Å². The van der Waals surface area contributed by atoms with Gasteiger partial charge in [-0.25, -0.2) is 0 Å². The van der Waals surface area contributed by atoms with Gasteiger partial charge in [0.2, 0.25) is 0 Å². The van der Waals surface area contributed by atoms with E-state index in [2.05, 4.69) is 10.6 Å². The zero-order valence-corrected chi connectivity index (χ0v) is 25.3. The summed E-state index contributed by atoms with van der Waals surface area (Å²) in [5.41, 5.74) is 9.93. The highest BCUT2D eigenvalue weighted by Crippen LogP contribution is 2.26. The lowest BCUT2D eigenvalue weighted by Gasteiger charge is -2.09. The molecule has 0 saturated heterocycles. The van der Waals surface area contributed by atoms with Crippen LogP contribution in [0.5, 0.6) is 11.5 Å². The Balaban J connectivity index is 1.04. The van der Waals surface area contributed by atoms with Gasteiger partial charge in [-0.15, -0.1) is 0 Å². The highest BCUT2D eigenvalue weighted by molar-refractivity contribution is 6.01. The third kappa shape index (κ3) is 8.12. The van der Waals surface area contributed by atoms with E-state index in [1.54, 1.807) is 0 Å². The molecule has 0 saturated carbocycles. The largest absolute Gasteiger partial charge is 0.457 e. The van der Waals surface area contributed by atoms with E-state index < -0.39 is 0 Å². The Kier molecular flexibility index (Phi) is 9.08. The minimum atomic E-state index is 0.769. The summed E-state index contributed by atoms with van der Waals surface area (Å²) in [6, 6.07) is 52.5. The van der Waals surface area contributed by atoms with Gasteiger partial charge in [0, 0.05) is 34.2 Å². The number of hydrogen-bond donors (Lipinski definition) is 2. The van der Waals surface area contributed by atoms with Gasteiger partial charge in [-0.1, -0.05) is 36.4 Å². The Morgan fingerprint density at radius 3 is 1.09 bits per heavy atom. The van der Waals surface area contributed by atoms with Crippen molar-refractivity contribution in [1.29, 1.82) is 0 Å². The van der Waals surface area contributed by atoms with Crippen molar-refractivity contribution in [3.05, 3.63) is 169 Å². The molecular weight excluding hydrogens is 552 g/mol. The number of para-hydroxylation sites is 2. The minimum Gasteiger partial charge on any atom is -0.457 e. The minimum absolute atomic E-state index is 0.769. The Labute approximate surface area is 264 Å². The molecule has 6 rings (SSSR count). The van der Waals surface area contributed by atoms with Crippen LogP contribution in [-0.4, -0.2) is 11.4 Å². The van der Waals surface area contributed by atoms with Crippen molar-refractivity contribution < 1.29 is 4.74 Å². The predicted molar refractivity (Wildman–Crippen MR) is 189 cm³/mol. The van der Waals surface area contributed by atoms with E-state index in [9.17, 15) is 0 Å². The Hall–Kier alpha value is -5.94. The van der Waals surface area contributed by atoms with E-state index in [1.807, 2.05) is 172 Å². The summed E-state index contributed by atoms with van der Waals surface area (Å²) in [4.78, 5) is 9.60. The lowest BCUT2D eigenvalue weighted by atomic mass is 10.1. The Morgan fingerprint density at radius 2 is 0.733 bits per heavy atom. The van der Waals surface area contributed by atoms with Crippen molar-refractivity contribution in [2.24, 2.45) is 9.98 Å². The molecule has 0 aliphatic carbocycles. The van der Waals surface area contributed by atoms with Gasteiger partial charge < -0.3 is 15.4 Å². The zero-order chi connectivity index (χ0) is 30.8. The van der Waals surface area contributed by atoms with E-state index in [-0.39, 0.29) is 0 Å². The molecule has 0 unspecified atom stereocenters. The molecule has 5 nitrogen and oxygen atoms in total. The molecular formula is C40H34N4O. The van der Waals surface area contributed by atoms with Gasteiger partial charge >= 0.3 is 0 Å². The lowest BCUT2D eigenvalue weighted by Crippen LogP contribution is -1.95. The monoisotopic (exact) mass is 586 g/mol. The molecule has 0 atom stereocenters. The topological polar surface area (TPSA) is 58.0 Å². The standard InChI is InChI=1S/C40H34N4O/c1-29(41-35-17-21-37(22-18-35)43-33-9-5-3-6-10-33)31-13-25-39(26-14-31)45-40-27-15-32(16-28-40)30(2)42-36-19-23-38(24-20-36)44-34-11-7-4-8-12-34/h3-28,43-44H,1-2H3. The van der Waals surface area contributed by atoms with Gasteiger partial charge in [0.1, 0.15) is 11.5 Å². The number of rotatable bonds is 10. The SMILES string of the molecule is CC(=Nc1ccc(Nc2ccccc2)cc1)c1ccc(Oc2ccc(C(C)=Nc3ccc(Nc4ccccc4)cc3)cc2)cc1. The maximum atomic E-state index is 6.11. The van der Waals surface area contributed by atoms with Crippen molar-refractivity contribution in [2.75, 3.05) is 10.6 Å². The van der Waals surface area contributed by atoms with E-state index in [0.29, 0.717) is 0 Å². The van der Waals surface area contributed by atoms with Crippen LogP contribution in [0, 0.1) is 0 Å². The van der Waals surface area contributed by atoms with Gasteiger partial charge in [-0.05, 0) is 146 Å². The fraction of sp³-hybridized carbons (Fsp3) is 0.0500. The van der Waals surface area contributed by atoms with Crippen LogP contribution in [0.4, 0.5) is 34.1 Å². The number of nitrogens with one attached hydrogen (secondary N) is 2. The first-order chi connectivity index (χ1) is 22.1. The molecule has 0 spiro atoms. The molecule has 6 aromatic rings. The van der Waals surface area contributed by atoms with Gasteiger partial charge in [0.05, 0.1) is 11.4 Å². The fourth-order valence-electron chi connectivity index (χ4n) is 4.80.